The second-order valence-electron chi connectivity index (χ2n) is 4.07. The van der Waals surface area contributed by atoms with E-state index in [0.717, 1.165) is 12.1 Å². The quantitative estimate of drug-likeness (QED) is 0.808. The van der Waals surface area contributed by atoms with Crippen molar-refractivity contribution in [3.63, 3.8) is 0 Å². The number of amides is 1. The topological polar surface area (TPSA) is 62.5 Å². The normalized spacial score (nSPS) is 11.0. The Morgan fingerprint density at radius 2 is 2.35 bits per heavy atom. The molecule has 0 aromatic carbocycles. The summed E-state index contributed by atoms with van der Waals surface area (Å²) in [4.78, 5) is 17.7. The summed E-state index contributed by atoms with van der Waals surface area (Å²) in [6.07, 6.45) is 4.81. The second kappa shape index (κ2) is 4.92. The van der Waals surface area contributed by atoms with Crippen LogP contribution in [0.4, 0.5) is 0 Å². The smallest absolute Gasteiger partial charge is 0.252 e. The minimum Gasteiger partial charge on any atom is -0.351 e. The average Bonchev–Trinajstić information content (AvgIpc) is 2.71. The molecular formula is C11H15N5O. The van der Waals surface area contributed by atoms with Gasteiger partial charge in [-0.1, -0.05) is 0 Å². The van der Waals surface area contributed by atoms with Crippen molar-refractivity contribution in [3.8, 4) is 0 Å². The molecular weight excluding hydrogens is 218 g/mol. The molecule has 0 aliphatic heterocycles. The van der Waals surface area contributed by atoms with Gasteiger partial charge in [0.2, 0.25) is 0 Å². The van der Waals surface area contributed by atoms with Crippen LogP contribution in [0.5, 0.6) is 0 Å². The lowest BCUT2D eigenvalue weighted by molar-refractivity contribution is 0.0951. The molecule has 6 nitrogen and oxygen atoms in total. The van der Waals surface area contributed by atoms with Crippen molar-refractivity contribution >= 4 is 11.4 Å². The summed E-state index contributed by atoms with van der Waals surface area (Å²) in [5.41, 5.74) is 1.41. The molecule has 2 aromatic rings. The Morgan fingerprint density at radius 3 is 3.06 bits per heavy atom. The van der Waals surface area contributed by atoms with E-state index in [1.807, 2.05) is 19.0 Å². The standard InChI is InChI=1S/C11H15N5O/c1-15(2)4-3-13-11(17)9-5-10-6-12-8-14-16(10)7-9/h5-8H,3-4H2,1-2H3,(H,13,17). The number of hydrogen-bond donors (Lipinski definition) is 1. The first-order valence-corrected chi connectivity index (χ1v) is 5.38. The van der Waals surface area contributed by atoms with Crippen molar-refractivity contribution < 1.29 is 4.79 Å². The molecule has 90 valence electrons. The monoisotopic (exact) mass is 233 g/mol. The van der Waals surface area contributed by atoms with E-state index in [0.29, 0.717) is 12.1 Å². The summed E-state index contributed by atoms with van der Waals surface area (Å²) < 4.78 is 1.63. The number of aromatic nitrogens is 3. The van der Waals surface area contributed by atoms with Gasteiger partial charge < -0.3 is 10.2 Å². The van der Waals surface area contributed by atoms with E-state index in [1.165, 1.54) is 6.33 Å². The van der Waals surface area contributed by atoms with Crippen molar-refractivity contribution in [2.45, 2.75) is 0 Å². The summed E-state index contributed by atoms with van der Waals surface area (Å²) in [6.45, 7) is 1.45. The molecule has 1 N–H and O–H groups in total. The van der Waals surface area contributed by atoms with Crippen LogP contribution in [0.2, 0.25) is 0 Å². The molecule has 2 aromatic heterocycles. The van der Waals surface area contributed by atoms with Crippen molar-refractivity contribution in [1.82, 2.24) is 24.8 Å². The van der Waals surface area contributed by atoms with Crippen LogP contribution in [0.25, 0.3) is 5.52 Å². The van der Waals surface area contributed by atoms with Crippen LogP contribution in [-0.4, -0.2) is 52.6 Å². The van der Waals surface area contributed by atoms with Gasteiger partial charge in [0.25, 0.3) is 5.91 Å². The van der Waals surface area contributed by atoms with Gasteiger partial charge in [-0.3, -0.25) is 4.79 Å². The molecule has 0 radical (unpaired) electrons. The summed E-state index contributed by atoms with van der Waals surface area (Å²) in [5.74, 6) is -0.0858. The number of rotatable bonds is 4. The molecule has 0 aliphatic carbocycles. The molecule has 0 unspecified atom stereocenters. The van der Waals surface area contributed by atoms with Crippen LogP contribution in [-0.2, 0) is 0 Å². The van der Waals surface area contributed by atoms with Crippen molar-refractivity contribution in [3.05, 3.63) is 30.4 Å². The zero-order valence-electron chi connectivity index (χ0n) is 9.92. The first-order valence-electron chi connectivity index (χ1n) is 5.38. The summed E-state index contributed by atoms with van der Waals surface area (Å²) >= 11 is 0. The molecule has 2 rings (SSSR count). The lowest BCUT2D eigenvalue weighted by Crippen LogP contribution is -2.31. The lowest BCUT2D eigenvalue weighted by Gasteiger charge is -2.09. The Balaban J connectivity index is 2.04. The van der Waals surface area contributed by atoms with Crippen LogP contribution in [0.1, 0.15) is 10.4 Å². The molecule has 0 saturated carbocycles. The van der Waals surface area contributed by atoms with Crippen LogP contribution < -0.4 is 5.32 Å². The SMILES string of the molecule is CN(C)CCNC(=O)c1cc2cncnn2c1. The Morgan fingerprint density at radius 1 is 1.53 bits per heavy atom. The Hall–Kier alpha value is -1.95. The Bertz CT molecular complexity index is 486. The number of likely N-dealkylation sites (N-methyl/N-ethyl adjacent to an activating group) is 1. The maximum absolute atomic E-state index is 11.8. The van der Waals surface area contributed by atoms with Crippen LogP contribution >= 0.6 is 0 Å². The van der Waals surface area contributed by atoms with Gasteiger partial charge in [-0.25, -0.2) is 9.50 Å². The van der Waals surface area contributed by atoms with Gasteiger partial charge in [0, 0.05) is 19.3 Å². The zero-order chi connectivity index (χ0) is 12.3. The Labute approximate surface area is 99.3 Å². The number of carbonyl (C=O) groups excluding carboxylic acids is 1. The minimum atomic E-state index is -0.0858. The molecule has 0 spiro atoms. The number of carbonyl (C=O) groups is 1. The molecule has 0 atom stereocenters. The van der Waals surface area contributed by atoms with Crippen molar-refractivity contribution in [2.75, 3.05) is 27.2 Å². The fourth-order valence-corrected chi connectivity index (χ4v) is 1.48. The molecule has 0 bridgehead atoms. The maximum Gasteiger partial charge on any atom is 0.252 e. The largest absolute Gasteiger partial charge is 0.351 e. The number of fused-ring (bicyclic) bond motifs is 1. The third-order valence-electron chi connectivity index (χ3n) is 2.39. The lowest BCUT2D eigenvalue weighted by atomic mass is 10.3. The highest BCUT2D eigenvalue weighted by Crippen LogP contribution is 2.06. The fourth-order valence-electron chi connectivity index (χ4n) is 1.48. The predicted molar refractivity (Wildman–Crippen MR) is 63.9 cm³/mol. The van der Waals surface area contributed by atoms with E-state index in [4.69, 9.17) is 0 Å². The highest BCUT2D eigenvalue weighted by molar-refractivity contribution is 5.95. The van der Waals surface area contributed by atoms with E-state index in [-0.39, 0.29) is 5.91 Å². The molecule has 6 heteroatoms. The molecule has 0 aliphatic rings. The first-order chi connectivity index (χ1) is 8.16. The van der Waals surface area contributed by atoms with E-state index in [1.54, 1.807) is 23.0 Å². The number of hydrogen-bond acceptors (Lipinski definition) is 4. The van der Waals surface area contributed by atoms with E-state index < -0.39 is 0 Å². The summed E-state index contributed by atoms with van der Waals surface area (Å²) in [7, 11) is 3.93. The highest BCUT2D eigenvalue weighted by atomic mass is 16.1. The maximum atomic E-state index is 11.8. The Kier molecular flexibility index (Phi) is 3.34. The van der Waals surface area contributed by atoms with Crippen LogP contribution in [0, 0.1) is 0 Å². The van der Waals surface area contributed by atoms with Crippen LogP contribution in [0.3, 0.4) is 0 Å². The molecule has 2 heterocycles. The zero-order valence-corrected chi connectivity index (χ0v) is 9.92. The second-order valence-corrected chi connectivity index (χ2v) is 4.07. The number of nitrogens with one attached hydrogen (secondary N) is 1. The van der Waals surface area contributed by atoms with Gasteiger partial charge in [0.05, 0.1) is 17.3 Å². The third kappa shape index (κ3) is 2.79. The molecule has 0 fully saturated rings. The van der Waals surface area contributed by atoms with E-state index >= 15 is 0 Å². The first kappa shape index (κ1) is 11.5. The van der Waals surface area contributed by atoms with Crippen molar-refractivity contribution in [2.24, 2.45) is 0 Å². The van der Waals surface area contributed by atoms with Gasteiger partial charge in [0.15, 0.2) is 0 Å². The highest BCUT2D eigenvalue weighted by Gasteiger charge is 2.08. The summed E-state index contributed by atoms with van der Waals surface area (Å²) in [5, 5.41) is 6.86. The van der Waals surface area contributed by atoms with E-state index in [2.05, 4.69) is 15.4 Å². The van der Waals surface area contributed by atoms with E-state index in [9.17, 15) is 4.79 Å². The average molecular weight is 233 g/mol. The number of nitrogens with zero attached hydrogens (tertiary/aromatic N) is 4. The minimum absolute atomic E-state index is 0.0858. The van der Waals surface area contributed by atoms with Gasteiger partial charge in [0.1, 0.15) is 6.33 Å². The molecule has 17 heavy (non-hydrogen) atoms. The third-order valence-corrected chi connectivity index (χ3v) is 2.39. The summed E-state index contributed by atoms with van der Waals surface area (Å²) in [6, 6.07) is 1.77. The van der Waals surface area contributed by atoms with Gasteiger partial charge >= 0.3 is 0 Å². The van der Waals surface area contributed by atoms with Gasteiger partial charge in [-0.2, -0.15) is 5.10 Å². The molecule has 1 amide bonds. The van der Waals surface area contributed by atoms with Gasteiger partial charge in [-0.05, 0) is 20.2 Å². The van der Waals surface area contributed by atoms with Crippen molar-refractivity contribution in [1.29, 1.82) is 0 Å². The fraction of sp³-hybridized carbons (Fsp3) is 0.364. The molecule has 0 saturated heterocycles. The predicted octanol–water partition coefficient (Wildman–Crippen LogP) is 0.0207. The van der Waals surface area contributed by atoms with Gasteiger partial charge in [-0.15, -0.1) is 0 Å². The van der Waals surface area contributed by atoms with Crippen LogP contribution in [0.15, 0.2) is 24.8 Å².